The Balaban J connectivity index is 2.73. The number of alkyl halides is 2. The van der Waals surface area contributed by atoms with E-state index < -0.39 is 0 Å². The van der Waals surface area contributed by atoms with Gasteiger partial charge in [-0.15, -0.1) is 11.6 Å². The maximum atomic E-state index is 5.52. The van der Waals surface area contributed by atoms with Crippen LogP contribution < -0.4 is 0 Å². The molecule has 68 valence electrons. The molecule has 0 amide bonds. The highest BCUT2D eigenvalue weighted by Crippen LogP contribution is 2.07. The predicted molar refractivity (Wildman–Crippen MR) is 61.3 cm³/mol. The molecule has 0 fully saturated rings. The van der Waals surface area contributed by atoms with Crippen molar-refractivity contribution in [3.63, 3.8) is 0 Å². The van der Waals surface area contributed by atoms with Crippen LogP contribution in [0, 0.1) is 11.8 Å². The average molecular weight is 258 g/mol. The lowest BCUT2D eigenvalue weighted by atomic mass is 10.1. The van der Waals surface area contributed by atoms with Crippen LogP contribution in [0.15, 0.2) is 24.3 Å². The number of hydrogen-bond acceptors (Lipinski definition) is 0. The quantitative estimate of drug-likeness (QED) is 0.561. The van der Waals surface area contributed by atoms with Crippen LogP contribution >= 0.6 is 27.5 Å². The summed E-state index contributed by atoms with van der Waals surface area (Å²) < 4.78 is 0. The maximum Gasteiger partial charge on any atom is 0.0333 e. The molecule has 2 heteroatoms. The van der Waals surface area contributed by atoms with Crippen LogP contribution in [-0.2, 0) is 5.33 Å². The Morgan fingerprint density at radius 2 is 2.23 bits per heavy atom. The molecular formula is C11H10BrCl. The Labute approximate surface area is 92.4 Å². The van der Waals surface area contributed by atoms with Crippen molar-refractivity contribution < 1.29 is 0 Å². The van der Waals surface area contributed by atoms with Crippen LogP contribution in [0.4, 0.5) is 0 Å². The summed E-state index contributed by atoms with van der Waals surface area (Å²) in [5.74, 6) is 6.67. The Hall–Kier alpha value is -0.450. The first kappa shape index (κ1) is 10.6. The lowest BCUT2D eigenvalue weighted by Gasteiger charge is -1.94. The third kappa shape index (κ3) is 3.85. The molecule has 0 aliphatic rings. The molecule has 0 heterocycles. The highest BCUT2D eigenvalue weighted by Gasteiger charge is 1.90. The van der Waals surface area contributed by atoms with Crippen LogP contribution in [0.1, 0.15) is 17.5 Å². The van der Waals surface area contributed by atoms with Crippen molar-refractivity contribution in [3.8, 4) is 11.8 Å². The molecular weight excluding hydrogens is 247 g/mol. The zero-order valence-corrected chi connectivity index (χ0v) is 9.53. The molecule has 1 aromatic carbocycles. The molecule has 0 unspecified atom stereocenters. The summed E-state index contributed by atoms with van der Waals surface area (Å²) in [6.07, 6.45) is 0.750. The third-order valence-electron chi connectivity index (χ3n) is 1.53. The summed E-state index contributed by atoms with van der Waals surface area (Å²) in [6, 6.07) is 8.17. The van der Waals surface area contributed by atoms with Gasteiger partial charge < -0.3 is 0 Å². The first-order valence-corrected chi connectivity index (χ1v) is 5.72. The summed E-state index contributed by atoms with van der Waals surface area (Å²) in [5, 5.41) is 0.873. The fourth-order valence-electron chi connectivity index (χ4n) is 0.944. The summed E-state index contributed by atoms with van der Waals surface area (Å²) in [4.78, 5) is 0. The van der Waals surface area contributed by atoms with Crippen molar-refractivity contribution in [2.24, 2.45) is 0 Å². The Morgan fingerprint density at radius 3 is 2.92 bits per heavy atom. The van der Waals surface area contributed by atoms with Gasteiger partial charge in [0.2, 0.25) is 0 Å². The van der Waals surface area contributed by atoms with Crippen LogP contribution in [0.5, 0.6) is 0 Å². The minimum Gasteiger partial charge on any atom is -0.126 e. The highest BCUT2D eigenvalue weighted by atomic mass is 79.9. The van der Waals surface area contributed by atoms with Crippen LogP contribution in [0.25, 0.3) is 0 Å². The Morgan fingerprint density at radius 1 is 1.38 bits per heavy atom. The second-order valence-electron chi connectivity index (χ2n) is 2.57. The van der Waals surface area contributed by atoms with E-state index in [1.807, 2.05) is 12.1 Å². The van der Waals surface area contributed by atoms with Gasteiger partial charge in [0.1, 0.15) is 0 Å². The van der Waals surface area contributed by atoms with Crippen molar-refractivity contribution in [1.29, 1.82) is 0 Å². The molecule has 0 spiro atoms. The first-order chi connectivity index (χ1) is 6.36. The van der Waals surface area contributed by atoms with Crippen LogP contribution in [-0.4, -0.2) is 5.88 Å². The third-order valence-corrected chi connectivity index (χ3v) is 2.37. The fourth-order valence-corrected chi connectivity index (χ4v) is 1.39. The van der Waals surface area contributed by atoms with Crippen molar-refractivity contribution in [2.75, 3.05) is 5.88 Å². The lowest BCUT2D eigenvalue weighted by Crippen LogP contribution is -1.79. The smallest absolute Gasteiger partial charge is 0.0333 e. The van der Waals surface area contributed by atoms with E-state index in [0.29, 0.717) is 5.88 Å². The summed E-state index contributed by atoms with van der Waals surface area (Å²) in [5.41, 5.74) is 2.31. The van der Waals surface area contributed by atoms with Crippen molar-refractivity contribution in [3.05, 3.63) is 35.4 Å². The van der Waals surface area contributed by atoms with E-state index in [1.165, 1.54) is 5.56 Å². The van der Waals surface area contributed by atoms with E-state index in [0.717, 1.165) is 17.3 Å². The largest absolute Gasteiger partial charge is 0.126 e. The van der Waals surface area contributed by atoms with Gasteiger partial charge in [-0.1, -0.05) is 39.9 Å². The minimum atomic E-state index is 0.602. The molecule has 0 radical (unpaired) electrons. The highest BCUT2D eigenvalue weighted by molar-refractivity contribution is 9.08. The summed E-state index contributed by atoms with van der Waals surface area (Å²) in [6.45, 7) is 0. The van der Waals surface area contributed by atoms with Crippen molar-refractivity contribution in [2.45, 2.75) is 11.8 Å². The van der Waals surface area contributed by atoms with Gasteiger partial charge in [0.05, 0.1) is 0 Å². The van der Waals surface area contributed by atoms with E-state index in [4.69, 9.17) is 11.6 Å². The number of halogens is 2. The zero-order chi connectivity index (χ0) is 9.52. The molecule has 0 bridgehead atoms. The molecule has 13 heavy (non-hydrogen) atoms. The molecule has 0 saturated heterocycles. The monoisotopic (exact) mass is 256 g/mol. The molecule has 0 N–H and O–H groups in total. The van der Waals surface area contributed by atoms with E-state index in [1.54, 1.807) is 0 Å². The van der Waals surface area contributed by atoms with E-state index in [9.17, 15) is 0 Å². The van der Waals surface area contributed by atoms with Crippen molar-refractivity contribution in [1.82, 2.24) is 0 Å². The molecule has 0 aromatic heterocycles. The standard InChI is InChI=1S/C11H10BrCl/c12-9-11-6-3-5-10(8-11)4-1-2-7-13/h3,5-6,8H,2,7,9H2. The normalized spacial score (nSPS) is 9.08. The van der Waals surface area contributed by atoms with Gasteiger partial charge in [-0.05, 0) is 17.7 Å². The fraction of sp³-hybridized carbons (Fsp3) is 0.273. The van der Waals surface area contributed by atoms with Gasteiger partial charge in [0.15, 0.2) is 0 Å². The van der Waals surface area contributed by atoms with Gasteiger partial charge in [-0.2, -0.15) is 0 Å². The van der Waals surface area contributed by atoms with E-state index >= 15 is 0 Å². The second kappa shape index (κ2) is 6.07. The first-order valence-electron chi connectivity index (χ1n) is 4.06. The maximum absolute atomic E-state index is 5.52. The van der Waals surface area contributed by atoms with E-state index in [2.05, 4.69) is 39.9 Å². The lowest BCUT2D eigenvalue weighted by molar-refractivity contribution is 1.29. The topological polar surface area (TPSA) is 0 Å². The number of benzene rings is 1. The molecule has 0 saturated carbocycles. The molecule has 1 rings (SSSR count). The van der Waals surface area contributed by atoms with Gasteiger partial charge in [0, 0.05) is 23.2 Å². The molecule has 0 nitrogen and oxygen atoms in total. The minimum absolute atomic E-state index is 0.602. The number of hydrogen-bond donors (Lipinski definition) is 0. The van der Waals surface area contributed by atoms with Gasteiger partial charge in [-0.25, -0.2) is 0 Å². The number of rotatable bonds is 2. The Kier molecular flexibility index (Phi) is 4.97. The van der Waals surface area contributed by atoms with Gasteiger partial charge >= 0.3 is 0 Å². The molecule has 0 atom stereocenters. The predicted octanol–water partition coefficient (Wildman–Crippen LogP) is 3.56. The second-order valence-corrected chi connectivity index (χ2v) is 3.51. The van der Waals surface area contributed by atoms with Gasteiger partial charge in [0.25, 0.3) is 0 Å². The van der Waals surface area contributed by atoms with Gasteiger partial charge in [-0.3, -0.25) is 0 Å². The van der Waals surface area contributed by atoms with Crippen LogP contribution in [0.2, 0.25) is 0 Å². The summed E-state index contributed by atoms with van der Waals surface area (Å²) >= 11 is 8.92. The Bertz CT molecular complexity index is 322. The van der Waals surface area contributed by atoms with Crippen LogP contribution in [0.3, 0.4) is 0 Å². The van der Waals surface area contributed by atoms with Crippen molar-refractivity contribution >= 4 is 27.5 Å². The SMILES string of the molecule is ClCCC#Cc1cccc(CBr)c1. The molecule has 0 aliphatic carbocycles. The summed E-state index contributed by atoms with van der Waals surface area (Å²) in [7, 11) is 0. The molecule has 0 aliphatic heterocycles. The average Bonchev–Trinajstić information content (AvgIpc) is 2.19. The zero-order valence-electron chi connectivity index (χ0n) is 7.19. The molecule has 1 aromatic rings. The van der Waals surface area contributed by atoms with E-state index in [-0.39, 0.29) is 0 Å².